The van der Waals surface area contributed by atoms with Crippen LogP contribution in [-0.2, 0) is 17.6 Å². The van der Waals surface area contributed by atoms with Gasteiger partial charge >= 0.3 is 0 Å². The number of anilines is 1. The number of phenols is 1. The van der Waals surface area contributed by atoms with Crippen molar-refractivity contribution in [3.63, 3.8) is 0 Å². The lowest BCUT2D eigenvalue weighted by atomic mass is 10.1. The van der Waals surface area contributed by atoms with Crippen LogP contribution in [0.3, 0.4) is 0 Å². The van der Waals surface area contributed by atoms with Crippen LogP contribution in [0.2, 0.25) is 0 Å². The van der Waals surface area contributed by atoms with Crippen molar-refractivity contribution in [3.05, 3.63) is 41.6 Å². The van der Waals surface area contributed by atoms with Gasteiger partial charge in [0, 0.05) is 11.8 Å². The number of H-pyrrole nitrogens is 1. The van der Waals surface area contributed by atoms with E-state index in [2.05, 4.69) is 15.5 Å². The Bertz CT molecular complexity index is 577. The number of hydrogen-bond acceptors (Lipinski definition) is 4. The van der Waals surface area contributed by atoms with Crippen LogP contribution in [0.15, 0.2) is 30.3 Å². The van der Waals surface area contributed by atoms with Gasteiger partial charge < -0.3 is 16.2 Å². The number of benzene rings is 1. The van der Waals surface area contributed by atoms with Crippen molar-refractivity contribution in [2.75, 3.05) is 5.32 Å². The van der Waals surface area contributed by atoms with Crippen LogP contribution in [0.1, 0.15) is 18.2 Å². The van der Waals surface area contributed by atoms with Crippen LogP contribution in [0, 0.1) is 0 Å². The molecule has 0 radical (unpaired) electrons. The third-order valence-corrected chi connectivity index (χ3v) is 2.99. The SMILES string of the molecule is CCc1cc(NC(=O)C(N)Cc2ccc(O)cc2)n[nH]1. The van der Waals surface area contributed by atoms with Crippen molar-refractivity contribution in [1.29, 1.82) is 0 Å². The summed E-state index contributed by atoms with van der Waals surface area (Å²) in [5, 5.41) is 18.7. The van der Waals surface area contributed by atoms with Crippen LogP contribution in [0.5, 0.6) is 5.75 Å². The molecule has 1 aromatic carbocycles. The van der Waals surface area contributed by atoms with Crippen LogP contribution in [-0.4, -0.2) is 27.3 Å². The number of carbonyl (C=O) groups is 1. The number of hydrogen-bond donors (Lipinski definition) is 4. The number of carbonyl (C=O) groups excluding carboxylic acids is 1. The highest BCUT2D eigenvalue weighted by Crippen LogP contribution is 2.12. The Morgan fingerprint density at radius 1 is 1.45 bits per heavy atom. The number of amides is 1. The van der Waals surface area contributed by atoms with Crippen molar-refractivity contribution < 1.29 is 9.90 Å². The Morgan fingerprint density at radius 2 is 2.15 bits per heavy atom. The van der Waals surface area contributed by atoms with Crippen molar-refractivity contribution >= 4 is 11.7 Å². The van der Waals surface area contributed by atoms with Crippen molar-refractivity contribution in [3.8, 4) is 5.75 Å². The summed E-state index contributed by atoms with van der Waals surface area (Å²) in [5.41, 5.74) is 7.70. The van der Waals surface area contributed by atoms with Crippen molar-refractivity contribution in [2.45, 2.75) is 25.8 Å². The minimum atomic E-state index is -0.665. The third kappa shape index (κ3) is 3.58. The van der Waals surface area contributed by atoms with E-state index < -0.39 is 6.04 Å². The number of aryl methyl sites for hydroxylation is 1. The predicted octanol–water partition coefficient (Wildman–Crippen LogP) is 1.19. The lowest BCUT2D eigenvalue weighted by Crippen LogP contribution is -2.37. The van der Waals surface area contributed by atoms with Gasteiger partial charge in [0.1, 0.15) is 5.75 Å². The predicted molar refractivity (Wildman–Crippen MR) is 76.4 cm³/mol. The highest BCUT2D eigenvalue weighted by molar-refractivity contribution is 5.94. The molecule has 106 valence electrons. The second-order valence-corrected chi connectivity index (χ2v) is 4.60. The van der Waals surface area contributed by atoms with Gasteiger partial charge in [-0.25, -0.2) is 0 Å². The first-order valence-electron chi connectivity index (χ1n) is 6.47. The molecule has 2 rings (SSSR count). The molecule has 0 saturated carbocycles. The molecule has 0 bridgehead atoms. The molecule has 20 heavy (non-hydrogen) atoms. The third-order valence-electron chi connectivity index (χ3n) is 2.99. The van der Waals surface area contributed by atoms with Gasteiger partial charge in [0.2, 0.25) is 5.91 Å². The maximum absolute atomic E-state index is 11.9. The van der Waals surface area contributed by atoms with Gasteiger partial charge in [-0.15, -0.1) is 0 Å². The molecule has 0 aliphatic rings. The van der Waals surface area contributed by atoms with Crippen LogP contribution in [0.4, 0.5) is 5.82 Å². The lowest BCUT2D eigenvalue weighted by Gasteiger charge is -2.10. The van der Waals surface area contributed by atoms with E-state index in [9.17, 15) is 9.90 Å². The summed E-state index contributed by atoms with van der Waals surface area (Å²) in [4.78, 5) is 11.9. The largest absolute Gasteiger partial charge is 0.508 e. The van der Waals surface area contributed by atoms with E-state index in [-0.39, 0.29) is 11.7 Å². The first-order chi connectivity index (χ1) is 9.58. The number of nitrogens with zero attached hydrogens (tertiary/aromatic N) is 1. The molecule has 1 heterocycles. The molecule has 6 nitrogen and oxygen atoms in total. The molecular weight excluding hydrogens is 256 g/mol. The van der Waals surface area contributed by atoms with E-state index in [1.807, 2.05) is 6.92 Å². The summed E-state index contributed by atoms with van der Waals surface area (Å²) in [6, 6.07) is 7.74. The van der Waals surface area contributed by atoms with E-state index in [1.54, 1.807) is 30.3 Å². The summed E-state index contributed by atoms with van der Waals surface area (Å²) < 4.78 is 0. The van der Waals surface area contributed by atoms with Crippen molar-refractivity contribution in [2.24, 2.45) is 5.73 Å². The lowest BCUT2D eigenvalue weighted by molar-refractivity contribution is -0.117. The van der Waals surface area contributed by atoms with E-state index in [0.29, 0.717) is 12.2 Å². The van der Waals surface area contributed by atoms with E-state index in [0.717, 1.165) is 17.7 Å². The highest BCUT2D eigenvalue weighted by Gasteiger charge is 2.15. The van der Waals surface area contributed by atoms with Crippen LogP contribution < -0.4 is 11.1 Å². The molecule has 1 amide bonds. The Hall–Kier alpha value is -2.34. The monoisotopic (exact) mass is 274 g/mol. The first kappa shape index (κ1) is 14.1. The maximum Gasteiger partial charge on any atom is 0.242 e. The Kier molecular flexibility index (Phi) is 4.37. The minimum Gasteiger partial charge on any atom is -0.508 e. The molecule has 6 heteroatoms. The second-order valence-electron chi connectivity index (χ2n) is 4.60. The molecule has 1 aromatic heterocycles. The second kappa shape index (κ2) is 6.21. The van der Waals surface area contributed by atoms with Gasteiger partial charge in [-0.1, -0.05) is 19.1 Å². The fourth-order valence-electron chi connectivity index (χ4n) is 1.80. The molecule has 1 atom stereocenters. The average molecular weight is 274 g/mol. The Morgan fingerprint density at radius 3 is 2.75 bits per heavy atom. The van der Waals surface area contributed by atoms with Gasteiger partial charge in [-0.2, -0.15) is 5.10 Å². The number of aromatic nitrogens is 2. The summed E-state index contributed by atoms with van der Waals surface area (Å²) in [7, 11) is 0. The van der Waals surface area contributed by atoms with Crippen molar-refractivity contribution in [1.82, 2.24) is 10.2 Å². The molecule has 0 spiro atoms. The smallest absolute Gasteiger partial charge is 0.242 e. The van der Waals surface area contributed by atoms with Gasteiger partial charge in [-0.3, -0.25) is 9.89 Å². The number of nitrogens with two attached hydrogens (primary N) is 1. The normalized spacial score (nSPS) is 12.1. The number of nitrogens with one attached hydrogen (secondary N) is 2. The molecule has 5 N–H and O–H groups in total. The standard InChI is InChI=1S/C14H18N4O2/c1-2-10-8-13(18-17-10)16-14(20)12(15)7-9-3-5-11(19)6-4-9/h3-6,8,12,19H,2,7,15H2,1H3,(H2,16,17,18,20). The minimum absolute atomic E-state index is 0.190. The van der Waals surface area contributed by atoms with Crippen LogP contribution in [0.25, 0.3) is 0 Å². The number of phenolic OH excluding ortho intramolecular Hbond substituents is 1. The summed E-state index contributed by atoms with van der Waals surface area (Å²) in [5.74, 6) is 0.385. The zero-order valence-corrected chi connectivity index (χ0v) is 11.3. The van der Waals surface area contributed by atoms with Gasteiger partial charge in [0.05, 0.1) is 6.04 Å². The van der Waals surface area contributed by atoms with E-state index in [1.165, 1.54) is 0 Å². The molecule has 2 aromatic rings. The summed E-state index contributed by atoms with van der Waals surface area (Å²) in [6.45, 7) is 2.00. The maximum atomic E-state index is 11.9. The van der Waals surface area contributed by atoms with Gasteiger partial charge in [0.25, 0.3) is 0 Å². The molecule has 1 unspecified atom stereocenters. The average Bonchev–Trinajstić information content (AvgIpc) is 2.89. The number of aromatic hydroxyl groups is 1. The Balaban J connectivity index is 1.93. The molecule has 0 fully saturated rings. The highest BCUT2D eigenvalue weighted by atomic mass is 16.3. The molecular formula is C14H18N4O2. The number of rotatable bonds is 5. The zero-order valence-electron chi connectivity index (χ0n) is 11.3. The van der Waals surface area contributed by atoms with E-state index in [4.69, 9.17) is 5.73 Å². The quantitative estimate of drug-likeness (QED) is 0.657. The molecule has 0 aliphatic carbocycles. The van der Waals surface area contributed by atoms with Gasteiger partial charge in [0.15, 0.2) is 5.82 Å². The van der Waals surface area contributed by atoms with Crippen LogP contribution >= 0.6 is 0 Å². The fraction of sp³-hybridized carbons (Fsp3) is 0.286. The first-order valence-corrected chi connectivity index (χ1v) is 6.47. The number of aromatic amines is 1. The zero-order chi connectivity index (χ0) is 14.5. The van der Waals surface area contributed by atoms with Gasteiger partial charge in [-0.05, 0) is 30.5 Å². The molecule has 0 aliphatic heterocycles. The Labute approximate surface area is 117 Å². The fourth-order valence-corrected chi connectivity index (χ4v) is 1.80. The summed E-state index contributed by atoms with van der Waals surface area (Å²) >= 11 is 0. The summed E-state index contributed by atoms with van der Waals surface area (Å²) in [6.07, 6.45) is 1.22. The van der Waals surface area contributed by atoms with E-state index >= 15 is 0 Å². The topological polar surface area (TPSA) is 104 Å². The molecule has 0 saturated heterocycles.